The summed E-state index contributed by atoms with van der Waals surface area (Å²) in [4.78, 5) is 0. The fourth-order valence-electron chi connectivity index (χ4n) is 2.47. The van der Waals surface area contributed by atoms with Gasteiger partial charge in [-0.15, -0.1) is 0 Å². The van der Waals surface area contributed by atoms with Crippen molar-refractivity contribution in [2.24, 2.45) is 0 Å². The number of hydrogen-bond acceptors (Lipinski definition) is 0. The zero-order valence-corrected chi connectivity index (χ0v) is 16.1. The summed E-state index contributed by atoms with van der Waals surface area (Å²) in [5, 5.41) is 0. The third-order valence-electron chi connectivity index (χ3n) is 3.76. The van der Waals surface area contributed by atoms with Crippen molar-refractivity contribution in [3.05, 3.63) is 66.2 Å². The van der Waals surface area contributed by atoms with Crippen molar-refractivity contribution in [1.29, 1.82) is 0 Å². The minimum absolute atomic E-state index is 0.627. The fourth-order valence-corrected chi connectivity index (χ4v) is 8.77. The first-order valence-electron chi connectivity index (χ1n) is 7.81. The Morgan fingerprint density at radius 1 is 0.857 bits per heavy atom. The molecule has 0 spiro atoms. The van der Waals surface area contributed by atoms with Gasteiger partial charge in [0.25, 0.3) is 0 Å². The van der Waals surface area contributed by atoms with E-state index < -0.39 is 8.07 Å². The Morgan fingerprint density at radius 3 is 2.00 bits per heavy atom. The van der Waals surface area contributed by atoms with Crippen LogP contribution in [0.2, 0.25) is 24.1 Å². The maximum absolute atomic E-state index is 2.53. The molecule has 0 aliphatic heterocycles. The summed E-state index contributed by atoms with van der Waals surface area (Å²) in [6, 6.07) is 22.0. The maximum atomic E-state index is 2.53. The third-order valence-corrected chi connectivity index (χ3v) is 13.3. The zero-order valence-electron chi connectivity index (χ0n) is 13.4. The van der Waals surface area contributed by atoms with Gasteiger partial charge in [-0.05, 0) is 0 Å². The van der Waals surface area contributed by atoms with Gasteiger partial charge in [-0.25, -0.2) is 0 Å². The molecule has 2 aromatic rings. The molecule has 112 valence electrons. The molecular weight excluding hydrogens is 335 g/mol. The first-order chi connectivity index (χ1) is 10.1. The summed E-state index contributed by atoms with van der Waals surface area (Å²) >= 11 is 0.627. The average Bonchev–Trinajstić information content (AvgIpc) is 2.47. The van der Waals surface area contributed by atoms with E-state index in [1.807, 2.05) is 0 Å². The fraction of sp³-hybridized carbons (Fsp3) is 0.368. The van der Waals surface area contributed by atoms with E-state index in [1.165, 1.54) is 24.8 Å². The molecule has 0 aromatic heterocycles. The van der Waals surface area contributed by atoms with Crippen LogP contribution in [0, 0.1) is 0 Å². The first-order valence-corrected chi connectivity index (χ1v) is 13.2. The molecule has 2 heteroatoms. The van der Waals surface area contributed by atoms with E-state index in [2.05, 4.69) is 80.3 Å². The molecule has 0 heterocycles. The van der Waals surface area contributed by atoms with Crippen LogP contribution >= 0.6 is 0 Å². The summed E-state index contributed by atoms with van der Waals surface area (Å²) < 4.78 is 2.51. The molecule has 0 radical (unpaired) electrons. The van der Waals surface area contributed by atoms with E-state index in [9.17, 15) is 0 Å². The van der Waals surface area contributed by atoms with Crippen molar-refractivity contribution >= 4 is 27.5 Å². The van der Waals surface area contributed by atoms with Crippen molar-refractivity contribution in [3.63, 3.8) is 0 Å². The molecule has 0 fully saturated rings. The van der Waals surface area contributed by atoms with Crippen LogP contribution in [0.3, 0.4) is 0 Å². The standard InChI is InChI=1S/C19H26SeSi/c1-21(2,3)19(20-18-14-8-5-9-15-18)16-10-13-17-11-6-4-7-12-17/h4-9,11-12,14-15,19H,10,13,16H2,1-3H3. The molecule has 2 aromatic carbocycles. The van der Waals surface area contributed by atoms with Gasteiger partial charge >= 0.3 is 137 Å². The summed E-state index contributed by atoms with van der Waals surface area (Å²) in [6.45, 7) is 7.60. The Morgan fingerprint density at radius 2 is 1.43 bits per heavy atom. The molecule has 0 bridgehead atoms. The van der Waals surface area contributed by atoms with E-state index in [0.717, 1.165) is 4.44 Å². The Hall–Kier alpha value is -0.824. The van der Waals surface area contributed by atoms with Crippen molar-refractivity contribution in [2.45, 2.75) is 43.3 Å². The number of hydrogen-bond donors (Lipinski definition) is 0. The molecule has 0 N–H and O–H groups in total. The molecule has 2 rings (SSSR count). The quantitative estimate of drug-likeness (QED) is 0.627. The van der Waals surface area contributed by atoms with E-state index >= 15 is 0 Å². The molecule has 0 aliphatic rings. The second-order valence-electron chi connectivity index (χ2n) is 6.66. The van der Waals surface area contributed by atoms with Crippen LogP contribution in [0.25, 0.3) is 0 Å². The van der Waals surface area contributed by atoms with Crippen LogP contribution in [0.1, 0.15) is 18.4 Å². The van der Waals surface area contributed by atoms with Gasteiger partial charge in [-0.3, -0.25) is 0 Å². The first kappa shape index (κ1) is 16.5. The molecule has 0 amide bonds. The van der Waals surface area contributed by atoms with Crippen molar-refractivity contribution in [1.82, 2.24) is 0 Å². The SMILES string of the molecule is C[Si](C)(C)C(CCCc1ccccc1)[Se]c1ccccc1. The van der Waals surface area contributed by atoms with Gasteiger partial charge in [0.1, 0.15) is 0 Å². The van der Waals surface area contributed by atoms with Crippen LogP contribution in [0.5, 0.6) is 0 Å². The van der Waals surface area contributed by atoms with Gasteiger partial charge in [-0.1, -0.05) is 0 Å². The van der Waals surface area contributed by atoms with Crippen molar-refractivity contribution < 1.29 is 0 Å². The Bertz CT molecular complexity index is 516. The predicted molar refractivity (Wildman–Crippen MR) is 98.3 cm³/mol. The van der Waals surface area contributed by atoms with Crippen LogP contribution in [-0.2, 0) is 6.42 Å². The van der Waals surface area contributed by atoms with E-state index in [4.69, 9.17) is 0 Å². The van der Waals surface area contributed by atoms with Gasteiger partial charge in [0.15, 0.2) is 0 Å². The number of benzene rings is 2. The van der Waals surface area contributed by atoms with Gasteiger partial charge < -0.3 is 0 Å². The minimum atomic E-state index is -1.08. The van der Waals surface area contributed by atoms with Crippen molar-refractivity contribution in [2.75, 3.05) is 0 Å². The van der Waals surface area contributed by atoms with E-state index in [1.54, 1.807) is 4.46 Å². The summed E-state index contributed by atoms with van der Waals surface area (Å²) in [5.41, 5.74) is 1.49. The summed E-state index contributed by atoms with van der Waals surface area (Å²) in [5.74, 6) is 0. The summed E-state index contributed by atoms with van der Waals surface area (Å²) in [6.07, 6.45) is 3.94. The molecule has 0 saturated carbocycles. The number of aryl methyl sites for hydroxylation is 1. The second kappa shape index (κ2) is 7.98. The Labute approximate surface area is 137 Å². The third kappa shape index (κ3) is 5.82. The molecule has 0 nitrogen and oxygen atoms in total. The zero-order chi connectivity index (χ0) is 15.1. The van der Waals surface area contributed by atoms with E-state index in [0.29, 0.717) is 15.0 Å². The molecule has 1 unspecified atom stereocenters. The van der Waals surface area contributed by atoms with Crippen LogP contribution in [0.15, 0.2) is 60.7 Å². The Kier molecular flexibility index (Phi) is 6.29. The van der Waals surface area contributed by atoms with Gasteiger partial charge in [0, 0.05) is 0 Å². The molecule has 0 saturated heterocycles. The number of rotatable bonds is 7. The van der Waals surface area contributed by atoms with Gasteiger partial charge in [0.2, 0.25) is 0 Å². The normalized spacial score (nSPS) is 13.1. The van der Waals surface area contributed by atoms with Crippen LogP contribution in [-0.4, -0.2) is 23.0 Å². The van der Waals surface area contributed by atoms with Gasteiger partial charge in [-0.2, -0.15) is 0 Å². The second-order valence-corrected chi connectivity index (χ2v) is 15.7. The van der Waals surface area contributed by atoms with Crippen LogP contribution in [0.4, 0.5) is 0 Å². The molecule has 21 heavy (non-hydrogen) atoms. The Balaban J connectivity index is 1.91. The predicted octanol–water partition coefficient (Wildman–Crippen LogP) is 4.70. The molecule has 1 atom stereocenters. The monoisotopic (exact) mass is 362 g/mol. The molecular formula is C19H26SeSi. The van der Waals surface area contributed by atoms with E-state index in [-0.39, 0.29) is 0 Å². The molecule has 0 aliphatic carbocycles. The van der Waals surface area contributed by atoms with Crippen molar-refractivity contribution in [3.8, 4) is 0 Å². The summed E-state index contributed by atoms with van der Waals surface area (Å²) in [7, 11) is -1.08. The average molecular weight is 361 g/mol. The topological polar surface area (TPSA) is 0 Å². The van der Waals surface area contributed by atoms with Gasteiger partial charge in [0.05, 0.1) is 0 Å². The van der Waals surface area contributed by atoms with Crippen LogP contribution < -0.4 is 4.46 Å².